The van der Waals surface area contributed by atoms with E-state index in [1.807, 2.05) is 0 Å². The van der Waals surface area contributed by atoms with E-state index in [0.717, 1.165) is 35.9 Å². The van der Waals surface area contributed by atoms with E-state index in [-0.39, 0.29) is 16.8 Å². The maximum atomic E-state index is 13.0. The first-order valence-corrected chi connectivity index (χ1v) is 10.7. The third-order valence-corrected chi connectivity index (χ3v) is 6.79. The van der Waals surface area contributed by atoms with E-state index in [9.17, 15) is 13.2 Å². The Labute approximate surface area is 160 Å². The van der Waals surface area contributed by atoms with Gasteiger partial charge in [-0.05, 0) is 37.6 Å². The summed E-state index contributed by atoms with van der Waals surface area (Å²) in [4.78, 5) is 15.2. The molecule has 0 unspecified atom stereocenters. The summed E-state index contributed by atoms with van der Waals surface area (Å²) in [6, 6.07) is 4.85. The molecule has 1 aromatic carbocycles. The molecule has 150 valence electrons. The first-order valence-electron chi connectivity index (χ1n) is 9.30. The average Bonchev–Trinajstić information content (AvgIpc) is 2.68. The normalized spacial score (nSPS) is 21.3. The minimum Gasteiger partial charge on any atom is -0.378 e. The van der Waals surface area contributed by atoms with E-state index in [4.69, 9.17) is 4.74 Å². The van der Waals surface area contributed by atoms with Gasteiger partial charge >= 0.3 is 0 Å². The van der Waals surface area contributed by atoms with Crippen LogP contribution in [0.5, 0.6) is 0 Å². The van der Waals surface area contributed by atoms with E-state index < -0.39 is 10.0 Å². The number of hydrogen-bond donors (Lipinski definition) is 2. The molecule has 2 aliphatic rings. The zero-order valence-corrected chi connectivity index (χ0v) is 16.7. The SMILES string of the molecule is CN(C)S(=O)(=O)c1ccc(N2CCOCC2)c(C(=O)N[C@H]2CCCNC2)c1. The number of sulfonamides is 1. The molecule has 2 aliphatic heterocycles. The molecule has 0 spiro atoms. The molecule has 8 nitrogen and oxygen atoms in total. The first-order chi connectivity index (χ1) is 12.9. The molecule has 2 fully saturated rings. The van der Waals surface area contributed by atoms with Gasteiger partial charge in [-0.15, -0.1) is 0 Å². The number of nitrogens with one attached hydrogen (secondary N) is 2. The molecule has 2 saturated heterocycles. The van der Waals surface area contributed by atoms with E-state index >= 15 is 0 Å². The molecular formula is C18H28N4O4S. The van der Waals surface area contributed by atoms with E-state index in [1.165, 1.54) is 20.2 Å². The van der Waals surface area contributed by atoms with Crippen molar-refractivity contribution in [2.45, 2.75) is 23.8 Å². The Bertz CT molecular complexity index is 770. The van der Waals surface area contributed by atoms with E-state index in [0.29, 0.717) is 31.9 Å². The topological polar surface area (TPSA) is 91.0 Å². The van der Waals surface area contributed by atoms with Crippen molar-refractivity contribution in [2.75, 3.05) is 58.4 Å². The zero-order chi connectivity index (χ0) is 19.4. The van der Waals surface area contributed by atoms with Gasteiger partial charge < -0.3 is 20.3 Å². The van der Waals surface area contributed by atoms with Gasteiger partial charge in [0.15, 0.2) is 0 Å². The summed E-state index contributed by atoms with van der Waals surface area (Å²) in [5.41, 5.74) is 1.14. The number of hydrogen-bond acceptors (Lipinski definition) is 6. The van der Waals surface area contributed by atoms with Gasteiger partial charge in [0, 0.05) is 45.5 Å². The monoisotopic (exact) mass is 396 g/mol. The molecule has 27 heavy (non-hydrogen) atoms. The van der Waals surface area contributed by atoms with Crippen molar-refractivity contribution in [1.29, 1.82) is 0 Å². The molecule has 2 N–H and O–H groups in total. The van der Waals surface area contributed by atoms with Gasteiger partial charge in [-0.3, -0.25) is 4.79 Å². The van der Waals surface area contributed by atoms with Crippen LogP contribution in [0.2, 0.25) is 0 Å². The van der Waals surface area contributed by atoms with Crippen LogP contribution in [0.3, 0.4) is 0 Å². The lowest BCUT2D eigenvalue weighted by atomic mass is 10.1. The predicted octanol–water partition coefficient (Wildman–Crippen LogP) is 0.255. The Kier molecular flexibility index (Phi) is 6.36. The minimum atomic E-state index is -3.62. The molecule has 0 aliphatic carbocycles. The summed E-state index contributed by atoms with van der Waals surface area (Å²) >= 11 is 0. The highest BCUT2D eigenvalue weighted by molar-refractivity contribution is 7.89. The Morgan fingerprint density at radius 3 is 2.67 bits per heavy atom. The molecule has 2 heterocycles. The van der Waals surface area contributed by atoms with Crippen LogP contribution in [0.15, 0.2) is 23.1 Å². The lowest BCUT2D eigenvalue weighted by molar-refractivity contribution is 0.0929. The fraction of sp³-hybridized carbons (Fsp3) is 0.611. The van der Waals surface area contributed by atoms with Gasteiger partial charge in [0.25, 0.3) is 5.91 Å². The van der Waals surface area contributed by atoms with Gasteiger partial charge in [-0.1, -0.05) is 0 Å². The predicted molar refractivity (Wildman–Crippen MR) is 104 cm³/mol. The van der Waals surface area contributed by atoms with Crippen LogP contribution in [0.25, 0.3) is 0 Å². The standard InChI is InChI=1S/C18H28N4O4S/c1-21(2)27(24,25)15-5-6-17(22-8-10-26-11-9-22)16(12-15)18(23)20-14-4-3-7-19-13-14/h5-6,12,14,19H,3-4,7-11,13H2,1-2H3,(H,20,23)/t14-/m0/s1. The zero-order valence-electron chi connectivity index (χ0n) is 15.9. The maximum absolute atomic E-state index is 13.0. The van der Waals surface area contributed by atoms with Gasteiger partial charge in [0.05, 0.1) is 23.7 Å². The van der Waals surface area contributed by atoms with Gasteiger partial charge in [0.2, 0.25) is 10.0 Å². The van der Waals surface area contributed by atoms with Gasteiger partial charge in [-0.2, -0.15) is 0 Å². The number of ether oxygens (including phenoxy) is 1. The third kappa shape index (κ3) is 4.60. The largest absolute Gasteiger partial charge is 0.378 e. The van der Waals surface area contributed by atoms with Crippen LogP contribution < -0.4 is 15.5 Å². The van der Waals surface area contributed by atoms with Crippen LogP contribution in [-0.2, 0) is 14.8 Å². The van der Waals surface area contributed by atoms with Crippen molar-refractivity contribution < 1.29 is 17.9 Å². The smallest absolute Gasteiger partial charge is 0.253 e. The molecule has 1 amide bonds. The number of morpholine rings is 1. The number of amides is 1. The summed E-state index contributed by atoms with van der Waals surface area (Å²) < 4.78 is 31.6. The lowest BCUT2D eigenvalue weighted by Crippen LogP contribution is -2.46. The molecule has 1 atom stereocenters. The van der Waals surface area contributed by atoms with E-state index in [2.05, 4.69) is 15.5 Å². The minimum absolute atomic E-state index is 0.0536. The summed E-state index contributed by atoms with van der Waals surface area (Å²) in [6.45, 7) is 4.21. The Balaban J connectivity index is 1.94. The van der Waals surface area contributed by atoms with Crippen molar-refractivity contribution in [3.8, 4) is 0 Å². The van der Waals surface area contributed by atoms with E-state index in [1.54, 1.807) is 12.1 Å². The quantitative estimate of drug-likeness (QED) is 0.742. The second-order valence-electron chi connectivity index (χ2n) is 7.08. The Hall–Kier alpha value is -1.68. The number of carbonyl (C=O) groups is 1. The lowest BCUT2D eigenvalue weighted by Gasteiger charge is -2.31. The number of carbonyl (C=O) groups excluding carboxylic acids is 1. The fourth-order valence-electron chi connectivity index (χ4n) is 3.39. The molecule has 0 bridgehead atoms. The molecule has 3 rings (SSSR count). The van der Waals surface area contributed by atoms with Crippen molar-refractivity contribution in [2.24, 2.45) is 0 Å². The highest BCUT2D eigenvalue weighted by atomic mass is 32.2. The third-order valence-electron chi connectivity index (χ3n) is 4.98. The summed E-state index contributed by atoms with van der Waals surface area (Å²) in [5, 5.41) is 6.33. The number of rotatable bonds is 5. The van der Waals surface area contributed by atoms with Crippen molar-refractivity contribution in [1.82, 2.24) is 14.9 Å². The molecule has 9 heteroatoms. The van der Waals surface area contributed by atoms with Gasteiger partial charge in [-0.25, -0.2) is 12.7 Å². The van der Waals surface area contributed by atoms with Crippen LogP contribution in [0.1, 0.15) is 23.2 Å². The number of benzene rings is 1. The van der Waals surface area contributed by atoms with Crippen molar-refractivity contribution in [3.05, 3.63) is 23.8 Å². The van der Waals surface area contributed by atoms with Crippen LogP contribution >= 0.6 is 0 Å². The number of piperidine rings is 1. The van der Waals surface area contributed by atoms with Gasteiger partial charge in [0.1, 0.15) is 0 Å². The van der Waals surface area contributed by atoms with Crippen molar-refractivity contribution in [3.63, 3.8) is 0 Å². The summed E-state index contributed by atoms with van der Waals surface area (Å²) in [7, 11) is -0.646. The molecule has 1 aromatic rings. The first kappa shape index (κ1) is 20.1. The second kappa shape index (κ2) is 8.55. The Morgan fingerprint density at radius 2 is 2.04 bits per heavy atom. The molecule has 0 saturated carbocycles. The summed E-state index contributed by atoms with van der Waals surface area (Å²) in [5.74, 6) is -0.235. The number of nitrogens with zero attached hydrogens (tertiary/aromatic N) is 2. The van der Waals surface area contributed by atoms with Crippen LogP contribution in [-0.4, -0.2) is 78.2 Å². The second-order valence-corrected chi connectivity index (χ2v) is 9.23. The molecular weight excluding hydrogens is 368 g/mol. The molecule has 0 aromatic heterocycles. The molecule has 0 radical (unpaired) electrons. The fourth-order valence-corrected chi connectivity index (χ4v) is 4.31. The van der Waals surface area contributed by atoms with Crippen LogP contribution in [0, 0.1) is 0 Å². The maximum Gasteiger partial charge on any atom is 0.253 e. The average molecular weight is 397 g/mol. The Morgan fingerprint density at radius 1 is 1.30 bits per heavy atom. The van der Waals surface area contributed by atoms with Crippen molar-refractivity contribution >= 4 is 21.6 Å². The highest BCUT2D eigenvalue weighted by Gasteiger charge is 2.25. The summed E-state index contributed by atoms with van der Waals surface area (Å²) in [6.07, 6.45) is 1.93. The number of anilines is 1. The van der Waals surface area contributed by atoms with Crippen LogP contribution in [0.4, 0.5) is 5.69 Å². The highest BCUT2D eigenvalue weighted by Crippen LogP contribution is 2.26.